The lowest BCUT2D eigenvalue weighted by molar-refractivity contribution is -0.114. The lowest BCUT2D eigenvalue weighted by atomic mass is 10.2. The van der Waals surface area contributed by atoms with Crippen LogP contribution >= 0.6 is 0 Å². The molecule has 0 spiro atoms. The van der Waals surface area contributed by atoms with Crippen molar-refractivity contribution in [3.63, 3.8) is 0 Å². The summed E-state index contributed by atoms with van der Waals surface area (Å²) in [6.45, 7) is 4.64. The largest absolute Gasteiger partial charge is 0.497 e. The summed E-state index contributed by atoms with van der Waals surface area (Å²) in [5.74, 6) is 2.10. The number of carbonyl (C=O) groups excluding carboxylic acids is 1. The molecule has 2 rings (SSSR count). The van der Waals surface area contributed by atoms with Crippen LogP contribution in [0.15, 0.2) is 53.5 Å². The lowest BCUT2D eigenvalue weighted by Gasteiger charge is -2.18. The molecule has 1 amide bonds. The van der Waals surface area contributed by atoms with Crippen LogP contribution in [0.2, 0.25) is 0 Å². The van der Waals surface area contributed by atoms with Gasteiger partial charge in [0.25, 0.3) is 0 Å². The number of amides is 1. The molecule has 2 aromatic rings. The fourth-order valence-electron chi connectivity index (χ4n) is 2.56. The van der Waals surface area contributed by atoms with Gasteiger partial charge in [0, 0.05) is 32.3 Å². The highest BCUT2D eigenvalue weighted by atomic mass is 16.5. The lowest BCUT2D eigenvalue weighted by Crippen LogP contribution is -2.41. The maximum atomic E-state index is 11.2. The zero-order chi connectivity index (χ0) is 20.4. The van der Waals surface area contributed by atoms with Crippen LogP contribution in [-0.4, -0.2) is 38.7 Å². The monoisotopic (exact) mass is 384 g/mol. The number of methoxy groups -OCH3 is 1. The Bertz CT molecular complexity index is 808. The van der Waals surface area contributed by atoms with E-state index in [-0.39, 0.29) is 12.0 Å². The minimum absolute atomic E-state index is 0.0613. The van der Waals surface area contributed by atoms with E-state index in [1.54, 1.807) is 14.2 Å². The average molecular weight is 384 g/mol. The van der Waals surface area contributed by atoms with Crippen molar-refractivity contribution in [3.05, 3.63) is 54.1 Å². The fraction of sp³-hybridized carbons (Fsp3) is 0.333. The molecule has 2 aromatic carbocycles. The van der Waals surface area contributed by atoms with Gasteiger partial charge in [-0.1, -0.05) is 18.2 Å². The summed E-state index contributed by atoms with van der Waals surface area (Å²) in [6, 6.07) is 15.2. The van der Waals surface area contributed by atoms with Crippen LogP contribution in [-0.2, 0) is 11.3 Å². The number of ether oxygens (including phenoxy) is 2. The number of hydrogen-bond acceptors (Lipinski definition) is 4. The molecule has 0 aliphatic carbocycles. The molecule has 1 unspecified atom stereocenters. The molecule has 0 saturated carbocycles. The molecule has 28 heavy (non-hydrogen) atoms. The highest BCUT2D eigenvalue weighted by Crippen LogP contribution is 2.19. The number of aliphatic imine (C=N–C) groups is 1. The number of carbonyl (C=O) groups is 1. The van der Waals surface area contributed by atoms with E-state index in [0.29, 0.717) is 19.0 Å². The Morgan fingerprint density at radius 1 is 1.11 bits per heavy atom. The van der Waals surface area contributed by atoms with E-state index in [2.05, 4.69) is 20.9 Å². The summed E-state index contributed by atoms with van der Waals surface area (Å²) in [4.78, 5) is 15.4. The maximum Gasteiger partial charge on any atom is 0.221 e. The predicted molar refractivity (Wildman–Crippen MR) is 112 cm³/mol. The van der Waals surface area contributed by atoms with E-state index in [4.69, 9.17) is 9.47 Å². The number of hydrogen-bond donors (Lipinski definition) is 3. The van der Waals surface area contributed by atoms with Gasteiger partial charge in [-0.2, -0.15) is 0 Å². The van der Waals surface area contributed by atoms with Gasteiger partial charge in [-0.25, -0.2) is 0 Å². The third-order valence-corrected chi connectivity index (χ3v) is 3.87. The van der Waals surface area contributed by atoms with Crippen molar-refractivity contribution in [1.82, 2.24) is 10.6 Å². The van der Waals surface area contributed by atoms with Crippen molar-refractivity contribution in [3.8, 4) is 11.5 Å². The summed E-state index contributed by atoms with van der Waals surface area (Å²) in [5.41, 5.74) is 1.81. The summed E-state index contributed by atoms with van der Waals surface area (Å²) < 4.78 is 11.1. The first kappa shape index (κ1) is 21.1. The van der Waals surface area contributed by atoms with Gasteiger partial charge in [-0.15, -0.1) is 0 Å². The Hall–Kier alpha value is -3.22. The minimum atomic E-state index is -0.0902. The van der Waals surface area contributed by atoms with Crippen molar-refractivity contribution >= 4 is 17.6 Å². The first-order valence-corrected chi connectivity index (χ1v) is 9.12. The first-order valence-electron chi connectivity index (χ1n) is 9.12. The number of guanidine groups is 1. The molecule has 0 bridgehead atoms. The number of nitrogens with one attached hydrogen (secondary N) is 3. The summed E-state index contributed by atoms with van der Waals surface area (Å²) >= 11 is 0. The number of nitrogens with zero attached hydrogens (tertiary/aromatic N) is 1. The highest BCUT2D eigenvalue weighted by molar-refractivity contribution is 5.88. The van der Waals surface area contributed by atoms with E-state index in [9.17, 15) is 4.79 Å². The number of rotatable bonds is 8. The van der Waals surface area contributed by atoms with E-state index in [1.807, 2.05) is 55.5 Å². The van der Waals surface area contributed by atoms with Crippen molar-refractivity contribution < 1.29 is 14.3 Å². The molecule has 7 nitrogen and oxygen atoms in total. The molecule has 3 N–H and O–H groups in total. The zero-order valence-electron chi connectivity index (χ0n) is 16.8. The second-order valence-corrected chi connectivity index (χ2v) is 6.30. The topological polar surface area (TPSA) is 84.0 Å². The van der Waals surface area contributed by atoms with Crippen LogP contribution in [0.25, 0.3) is 0 Å². The van der Waals surface area contributed by atoms with Crippen LogP contribution < -0.4 is 25.4 Å². The molecular formula is C21H28N4O3. The smallest absolute Gasteiger partial charge is 0.221 e. The van der Waals surface area contributed by atoms with Crippen molar-refractivity contribution in [2.75, 3.05) is 26.0 Å². The predicted octanol–water partition coefficient (Wildman–Crippen LogP) is 2.79. The van der Waals surface area contributed by atoms with Crippen molar-refractivity contribution in [2.24, 2.45) is 4.99 Å². The zero-order valence-corrected chi connectivity index (χ0v) is 16.8. The third-order valence-electron chi connectivity index (χ3n) is 3.87. The van der Waals surface area contributed by atoms with Gasteiger partial charge in [-0.3, -0.25) is 9.79 Å². The van der Waals surface area contributed by atoms with Gasteiger partial charge in [0.1, 0.15) is 17.6 Å². The molecule has 7 heteroatoms. The summed E-state index contributed by atoms with van der Waals surface area (Å²) in [6.07, 6.45) is -0.0613. The average Bonchev–Trinajstić information content (AvgIpc) is 2.68. The molecule has 0 aliphatic heterocycles. The summed E-state index contributed by atoms with van der Waals surface area (Å²) in [7, 11) is 3.35. The number of anilines is 1. The van der Waals surface area contributed by atoms with Gasteiger partial charge in [0.2, 0.25) is 5.91 Å². The van der Waals surface area contributed by atoms with Gasteiger partial charge in [0.15, 0.2) is 5.96 Å². The minimum Gasteiger partial charge on any atom is -0.497 e. The second kappa shape index (κ2) is 10.8. The van der Waals surface area contributed by atoms with Gasteiger partial charge in [-0.05, 0) is 36.8 Å². The molecular weight excluding hydrogens is 356 g/mol. The molecule has 1 atom stereocenters. The van der Waals surface area contributed by atoms with E-state index < -0.39 is 0 Å². The second-order valence-electron chi connectivity index (χ2n) is 6.30. The number of benzene rings is 2. The molecule has 0 heterocycles. The first-order chi connectivity index (χ1) is 13.5. The maximum absolute atomic E-state index is 11.2. The van der Waals surface area contributed by atoms with Gasteiger partial charge >= 0.3 is 0 Å². The van der Waals surface area contributed by atoms with Gasteiger partial charge in [0.05, 0.1) is 13.7 Å². The Kier molecular flexibility index (Phi) is 8.14. The van der Waals surface area contributed by atoms with E-state index >= 15 is 0 Å². The van der Waals surface area contributed by atoms with Crippen LogP contribution in [0.4, 0.5) is 5.69 Å². The molecule has 0 radical (unpaired) electrons. The van der Waals surface area contributed by atoms with Crippen LogP contribution in [0.3, 0.4) is 0 Å². The quantitative estimate of drug-likeness (QED) is 0.481. The SMILES string of the molecule is CN=C(NCc1cccc(NC(C)=O)c1)NCC(C)Oc1cccc(OC)c1. The molecule has 0 aromatic heterocycles. The third kappa shape index (κ3) is 7.19. The van der Waals surface area contributed by atoms with E-state index in [1.165, 1.54) is 6.92 Å². The molecule has 150 valence electrons. The standard InChI is InChI=1S/C21H28N4O3/c1-15(28-20-10-6-9-19(12-20)27-4)13-23-21(22-3)24-14-17-7-5-8-18(11-17)25-16(2)26/h5-12,15H,13-14H2,1-4H3,(H,25,26)(H2,22,23,24). The summed E-state index contributed by atoms with van der Waals surface area (Å²) in [5, 5.41) is 9.28. The van der Waals surface area contributed by atoms with Crippen molar-refractivity contribution in [2.45, 2.75) is 26.5 Å². The highest BCUT2D eigenvalue weighted by Gasteiger charge is 2.07. The van der Waals surface area contributed by atoms with Gasteiger partial charge < -0.3 is 25.4 Å². The molecule has 0 aliphatic rings. The Morgan fingerprint density at radius 2 is 1.86 bits per heavy atom. The molecule has 0 fully saturated rings. The molecule has 0 saturated heterocycles. The van der Waals surface area contributed by atoms with E-state index in [0.717, 1.165) is 22.7 Å². The van der Waals surface area contributed by atoms with Crippen molar-refractivity contribution in [1.29, 1.82) is 0 Å². The fourth-order valence-corrected chi connectivity index (χ4v) is 2.56. The Balaban J connectivity index is 1.81. The van der Waals surface area contributed by atoms with Crippen LogP contribution in [0.1, 0.15) is 19.4 Å². The van der Waals surface area contributed by atoms with Crippen LogP contribution in [0, 0.1) is 0 Å². The Labute approximate surface area is 166 Å². The normalized spacial score (nSPS) is 12.1. The van der Waals surface area contributed by atoms with Crippen LogP contribution in [0.5, 0.6) is 11.5 Å². The Morgan fingerprint density at radius 3 is 2.57 bits per heavy atom.